The third kappa shape index (κ3) is 3.78. The first kappa shape index (κ1) is 14.5. The molecule has 0 saturated carbocycles. The summed E-state index contributed by atoms with van der Waals surface area (Å²) in [6.45, 7) is 3.91. The predicted octanol–water partition coefficient (Wildman–Crippen LogP) is 2.90. The lowest BCUT2D eigenvalue weighted by Crippen LogP contribution is -2.35. The molecule has 1 aromatic heterocycles. The molecule has 0 spiro atoms. The minimum Gasteiger partial charge on any atom is -0.458 e. The molecule has 2 rings (SSSR count). The molecule has 1 aliphatic rings. The smallest absolute Gasteiger partial charge is 0.341 e. The number of aromatic nitrogens is 2. The highest BCUT2D eigenvalue weighted by molar-refractivity contribution is 6.33. The Hall–Kier alpha value is -0.910. The molecule has 1 aliphatic heterocycles. The molecule has 19 heavy (non-hydrogen) atoms. The third-order valence-electron chi connectivity index (χ3n) is 2.87. The van der Waals surface area contributed by atoms with Crippen LogP contribution < -0.4 is 0 Å². The molecule has 2 atom stereocenters. The molecule has 7 heteroatoms. The second-order valence-corrected chi connectivity index (χ2v) is 5.37. The van der Waals surface area contributed by atoms with Crippen LogP contribution in [0.2, 0.25) is 10.3 Å². The minimum atomic E-state index is -0.534. The summed E-state index contributed by atoms with van der Waals surface area (Å²) in [5.41, 5.74) is 0.133. The fraction of sp³-hybridized carbons (Fsp3) is 0.583. The number of carbonyl (C=O) groups excluding carboxylic acids is 1. The van der Waals surface area contributed by atoms with Crippen molar-refractivity contribution in [2.75, 3.05) is 0 Å². The SMILES string of the molecule is CC1CC(OC(=O)c2cc(Cl)nnc2Cl)CC(C)O1. The largest absolute Gasteiger partial charge is 0.458 e. The quantitative estimate of drug-likeness (QED) is 0.786. The van der Waals surface area contributed by atoms with E-state index in [2.05, 4.69) is 10.2 Å². The molecule has 1 saturated heterocycles. The van der Waals surface area contributed by atoms with E-state index in [-0.39, 0.29) is 34.2 Å². The van der Waals surface area contributed by atoms with Crippen molar-refractivity contribution >= 4 is 29.2 Å². The molecular formula is C12H14Cl2N2O3. The first-order chi connectivity index (χ1) is 8.95. The molecule has 0 radical (unpaired) electrons. The van der Waals surface area contributed by atoms with Crippen molar-refractivity contribution < 1.29 is 14.3 Å². The molecule has 104 valence electrons. The first-order valence-electron chi connectivity index (χ1n) is 6.01. The maximum Gasteiger partial charge on any atom is 0.341 e. The van der Waals surface area contributed by atoms with Crippen LogP contribution in [-0.2, 0) is 9.47 Å². The molecule has 2 heterocycles. The van der Waals surface area contributed by atoms with Gasteiger partial charge >= 0.3 is 5.97 Å². The van der Waals surface area contributed by atoms with Crippen molar-refractivity contribution in [2.45, 2.75) is 45.0 Å². The number of carbonyl (C=O) groups is 1. The topological polar surface area (TPSA) is 61.3 Å². The van der Waals surface area contributed by atoms with Crippen LogP contribution in [0.5, 0.6) is 0 Å². The van der Waals surface area contributed by atoms with Gasteiger partial charge in [0.2, 0.25) is 0 Å². The van der Waals surface area contributed by atoms with Crippen LogP contribution in [0.25, 0.3) is 0 Å². The summed E-state index contributed by atoms with van der Waals surface area (Å²) in [6.07, 6.45) is 1.28. The predicted molar refractivity (Wildman–Crippen MR) is 70.5 cm³/mol. The van der Waals surface area contributed by atoms with Gasteiger partial charge in [-0.05, 0) is 19.9 Å². The normalized spacial score (nSPS) is 27.1. The van der Waals surface area contributed by atoms with Gasteiger partial charge in [-0.15, -0.1) is 10.2 Å². The summed E-state index contributed by atoms with van der Waals surface area (Å²) >= 11 is 11.5. The summed E-state index contributed by atoms with van der Waals surface area (Å²) in [5, 5.41) is 7.22. The zero-order valence-electron chi connectivity index (χ0n) is 10.6. The lowest BCUT2D eigenvalue weighted by molar-refractivity contribution is -0.0855. The number of nitrogens with zero attached hydrogens (tertiary/aromatic N) is 2. The fourth-order valence-electron chi connectivity index (χ4n) is 2.15. The molecule has 0 N–H and O–H groups in total. The van der Waals surface area contributed by atoms with Crippen LogP contribution in [-0.4, -0.2) is 34.5 Å². The molecule has 0 aromatic carbocycles. The zero-order chi connectivity index (χ0) is 14.0. The van der Waals surface area contributed by atoms with Gasteiger partial charge in [-0.1, -0.05) is 23.2 Å². The monoisotopic (exact) mass is 304 g/mol. The Balaban J connectivity index is 2.06. The standard InChI is InChI=1S/C12H14Cl2N2O3/c1-6-3-8(4-7(2)18-6)19-12(17)9-5-10(13)15-16-11(9)14/h5-8H,3-4H2,1-2H3. The van der Waals surface area contributed by atoms with Crippen molar-refractivity contribution in [3.8, 4) is 0 Å². The van der Waals surface area contributed by atoms with E-state index in [4.69, 9.17) is 32.7 Å². The molecule has 0 bridgehead atoms. The molecule has 5 nitrogen and oxygen atoms in total. The highest BCUT2D eigenvalue weighted by Crippen LogP contribution is 2.24. The third-order valence-corrected chi connectivity index (χ3v) is 3.33. The summed E-state index contributed by atoms with van der Waals surface area (Å²) in [7, 11) is 0. The van der Waals surface area contributed by atoms with Crippen molar-refractivity contribution in [3.05, 3.63) is 21.9 Å². The Morgan fingerprint density at radius 3 is 2.58 bits per heavy atom. The van der Waals surface area contributed by atoms with Crippen molar-refractivity contribution in [1.29, 1.82) is 0 Å². The number of esters is 1. The number of hydrogen-bond donors (Lipinski definition) is 0. The van der Waals surface area contributed by atoms with E-state index in [0.29, 0.717) is 12.8 Å². The van der Waals surface area contributed by atoms with E-state index in [0.717, 1.165) is 0 Å². The Morgan fingerprint density at radius 2 is 1.95 bits per heavy atom. The Kier molecular flexibility index (Phi) is 4.60. The van der Waals surface area contributed by atoms with Crippen molar-refractivity contribution in [3.63, 3.8) is 0 Å². The highest BCUT2D eigenvalue weighted by Gasteiger charge is 2.28. The average molecular weight is 305 g/mol. The molecule has 0 amide bonds. The highest BCUT2D eigenvalue weighted by atomic mass is 35.5. The minimum absolute atomic E-state index is 0.0115. The zero-order valence-corrected chi connectivity index (χ0v) is 12.1. The molecule has 1 aromatic rings. The van der Waals surface area contributed by atoms with Gasteiger partial charge in [0.25, 0.3) is 0 Å². The Morgan fingerprint density at radius 1 is 1.32 bits per heavy atom. The van der Waals surface area contributed by atoms with Crippen LogP contribution in [0.1, 0.15) is 37.0 Å². The summed E-state index contributed by atoms with van der Waals surface area (Å²) in [4.78, 5) is 12.0. The second kappa shape index (κ2) is 6.03. The van der Waals surface area contributed by atoms with Gasteiger partial charge in [0, 0.05) is 12.8 Å². The molecular weight excluding hydrogens is 291 g/mol. The number of hydrogen-bond acceptors (Lipinski definition) is 5. The van der Waals surface area contributed by atoms with Gasteiger partial charge in [-0.25, -0.2) is 4.79 Å². The molecule has 2 unspecified atom stereocenters. The van der Waals surface area contributed by atoms with Crippen LogP contribution in [0, 0.1) is 0 Å². The van der Waals surface area contributed by atoms with Crippen molar-refractivity contribution in [1.82, 2.24) is 10.2 Å². The maximum absolute atomic E-state index is 12.0. The van der Waals surface area contributed by atoms with Gasteiger partial charge in [-0.2, -0.15) is 0 Å². The van der Waals surface area contributed by atoms with Gasteiger partial charge in [0.15, 0.2) is 10.3 Å². The lowest BCUT2D eigenvalue weighted by Gasteiger charge is -2.31. The van der Waals surface area contributed by atoms with Gasteiger partial charge < -0.3 is 9.47 Å². The van der Waals surface area contributed by atoms with Gasteiger partial charge in [-0.3, -0.25) is 0 Å². The van der Waals surface area contributed by atoms with Crippen LogP contribution in [0.15, 0.2) is 6.07 Å². The lowest BCUT2D eigenvalue weighted by atomic mass is 10.0. The van der Waals surface area contributed by atoms with Crippen LogP contribution in [0.3, 0.4) is 0 Å². The second-order valence-electron chi connectivity index (χ2n) is 4.63. The van der Waals surface area contributed by atoms with Crippen LogP contribution in [0.4, 0.5) is 0 Å². The number of rotatable bonds is 2. The van der Waals surface area contributed by atoms with E-state index >= 15 is 0 Å². The molecule has 1 fully saturated rings. The van der Waals surface area contributed by atoms with Crippen molar-refractivity contribution in [2.24, 2.45) is 0 Å². The fourth-order valence-corrected chi connectivity index (χ4v) is 2.47. The van der Waals surface area contributed by atoms with Gasteiger partial charge in [0.1, 0.15) is 11.7 Å². The van der Waals surface area contributed by atoms with E-state index in [1.165, 1.54) is 6.07 Å². The average Bonchev–Trinajstić information content (AvgIpc) is 2.30. The van der Waals surface area contributed by atoms with Gasteiger partial charge in [0.05, 0.1) is 12.2 Å². The number of ether oxygens (including phenoxy) is 2. The summed E-state index contributed by atoms with van der Waals surface area (Å²) < 4.78 is 11.0. The Bertz CT molecular complexity index is 474. The maximum atomic E-state index is 12.0. The first-order valence-corrected chi connectivity index (χ1v) is 6.76. The van der Waals surface area contributed by atoms with E-state index < -0.39 is 5.97 Å². The Labute approximate surface area is 121 Å². The van der Waals surface area contributed by atoms with E-state index in [1.807, 2.05) is 13.8 Å². The van der Waals surface area contributed by atoms with Crippen LogP contribution >= 0.6 is 23.2 Å². The molecule has 0 aliphatic carbocycles. The summed E-state index contributed by atoms with van der Waals surface area (Å²) in [6, 6.07) is 1.35. The van der Waals surface area contributed by atoms with E-state index in [9.17, 15) is 4.79 Å². The number of halogens is 2. The summed E-state index contributed by atoms with van der Waals surface area (Å²) in [5.74, 6) is -0.534. The van der Waals surface area contributed by atoms with E-state index in [1.54, 1.807) is 0 Å².